The van der Waals surface area contributed by atoms with Crippen LogP contribution in [0.3, 0.4) is 0 Å². The van der Waals surface area contributed by atoms with Gasteiger partial charge in [-0.05, 0) is 30.5 Å². The van der Waals surface area contributed by atoms with E-state index in [0.717, 1.165) is 24.8 Å². The van der Waals surface area contributed by atoms with Gasteiger partial charge >= 0.3 is 0 Å². The Morgan fingerprint density at radius 2 is 1.95 bits per heavy atom. The van der Waals surface area contributed by atoms with E-state index >= 15 is 0 Å². The first-order valence-electron chi connectivity index (χ1n) is 7.33. The molecule has 0 aliphatic heterocycles. The molecule has 114 valence electrons. The average molecular weight is 298 g/mol. The van der Waals surface area contributed by atoms with Gasteiger partial charge < -0.3 is 5.73 Å². The zero-order chi connectivity index (χ0) is 15.2. The van der Waals surface area contributed by atoms with E-state index in [2.05, 4.69) is 6.92 Å². The molecule has 20 heavy (non-hydrogen) atoms. The van der Waals surface area contributed by atoms with Crippen molar-refractivity contribution in [1.29, 1.82) is 0 Å². The van der Waals surface area contributed by atoms with Gasteiger partial charge in [0.15, 0.2) is 0 Å². The molecule has 0 aliphatic rings. The van der Waals surface area contributed by atoms with Crippen molar-refractivity contribution in [3.63, 3.8) is 0 Å². The van der Waals surface area contributed by atoms with Gasteiger partial charge in [-0.3, -0.25) is 0 Å². The van der Waals surface area contributed by atoms with Crippen LogP contribution in [-0.4, -0.2) is 25.8 Å². The smallest absolute Gasteiger partial charge is 0.243 e. The zero-order valence-corrected chi connectivity index (χ0v) is 13.5. The lowest BCUT2D eigenvalue weighted by Crippen LogP contribution is -2.32. The summed E-state index contributed by atoms with van der Waals surface area (Å²) in [6.07, 6.45) is 2.64. The second-order valence-corrected chi connectivity index (χ2v) is 6.88. The molecule has 5 heteroatoms. The lowest BCUT2D eigenvalue weighted by atomic mass is 10.1. The summed E-state index contributed by atoms with van der Waals surface area (Å²) < 4.78 is 26.8. The SMILES string of the molecule is CCCCN(CC)S(=O)(=O)c1cccc(C(N)CC)c1. The minimum Gasteiger partial charge on any atom is -0.324 e. The molecule has 0 saturated carbocycles. The predicted octanol–water partition coefficient (Wildman–Crippen LogP) is 2.91. The number of rotatable bonds is 8. The standard InChI is InChI=1S/C15H26N2O2S/c1-4-7-11-17(6-3)20(18,19)14-10-8-9-13(12-14)15(16)5-2/h8-10,12,15H,4-7,11,16H2,1-3H3. The van der Waals surface area contributed by atoms with Gasteiger partial charge in [0, 0.05) is 19.1 Å². The fourth-order valence-corrected chi connectivity index (χ4v) is 3.62. The highest BCUT2D eigenvalue weighted by Crippen LogP contribution is 2.21. The lowest BCUT2D eigenvalue weighted by Gasteiger charge is -2.21. The van der Waals surface area contributed by atoms with Crippen LogP contribution in [0.5, 0.6) is 0 Å². The summed E-state index contributed by atoms with van der Waals surface area (Å²) in [5.41, 5.74) is 6.86. The Bertz CT molecular complexity index is 514. The Labute approximate surface area is 123 Å². The minimum atomic E-state index is -3.41. The van der Waals surface area contributed by atoms with Crippen molar-refractivity contribution in [2.75, 3.05) is 13.1 Å². The quantitative estimate of drug-likeness (QED) is 0.802. The molecule has 0 aromatic heterocycles. The number of sulfonamides is 1. The normalized spacial score (nSPS) is 13.7. The first kappa shape index (κ1) is 17.1. The van der Waals surface area contributed by atoms with Gasteiger partial charge in [0.2, 0.25) is 10.0 Å². The van der Waals surface area contributed by atoms with Crippen molar-refractivity contribution in [3.8, 4) is 0 Å². The number of nitrogens with zero attached hydrogens (tertiary/aromatic N) is 1. The third-order valence-electron chi connectivity index (χ3n) is 3.48. The zero-order valence-electron chi connectivity index (χ0n) is 12.7. The van der Waals surface area contributed by atoms with Crippen molar-refractivity contribution < 1.29 is 8.42 Å². The minimum absolute atomic E-state index is 0.115. The average Bonchev–Trinajstić information content (AvgIpc) is 2.47. The summed E-state index contributed by atoms with van der Waals surface area (Å²) in [4.78, 5) is 0.344. The summed E-state index contributed by atoms with van der Waals surface area (Å²) in [5.74, 6) is 0. The van der Waals surface area contributed by atoms with Gasteiger partial charge in [0.25, 0.3) is 0 Å². The molecule has 2 N–H and O–H groups in total. The van der Waals surface area contributed by atoms with Crippen LogP contribution >= 0.6 is 0 Å². The molecule has 1 rings (SSSR count). The van der Waals surface area contributed by atoms with Gasteiger partial charge in [-0.25, -0.2) is 8.42 Å². The molecular weight excluding hydrogens is 272 g/mol. The number of unbranched alkanes of at least 4 members (excludes halogenated alkanes) is 1. The molecule has 1 aromatic rings. The van der Waals surface area contributed by atoms with Gasteiger partial charge in [0.1, 0.15) is 0 Å². The topological polar surface area (TPSA) is 63.4 Å². The monoisotopic (exact) mass is 298 g/mol. The molecule has 0 bridgehead atoms. The van der Waals surface area contributed by atoms with E-state index in [1.165, 1.54) is 4.31 Å². The summed E-state index contributed by atoms with van der Waals surface area (Å²) in [6.45, 7) is 6.98. The van der Waals surface area contributed by atoms with E-state index in [9.17, 15) is 8.42 Å². The number of hydrogen-bond acceptors (Lipinski definition) is 3. The summed E-state index contributed by atoms with van der Waals surface area (Å²) in [5, 5.41) is 0. The molecule has 0 radical (unpaired) electrons. The fourth-order valence-electron chi connectivity index (χ4n) is 2.07. The van der Waals surface area contributed by atoms with Crippen LogP contribution in [0.25, 0.3) is 0 Å². The van der Waals surface area contributed by atoms with Crippen LogP contribution in [0.15, 0.2) is 29.2 Å². The maximum Gasteiger partial charge on any atom is 0.243 e. The maximum absolute atomic E-state index is 12.6. The number of hydrogen-bond donors (Lipinski definition) is 1. The second kappa shape index (κ2) is 7.76. The fraction of sp³-hybridized carbons (Fsp3) is 0.600. The van der Waals surface area contributed by atoms with Crippen LogP contribution < -0.4 is 5.73 Å². The summed E-state index contributed by atoms with van der Waals surface area (Å²) in [6, 6.07) is 6.89. The third kappa shape index (κ3) is 4.04. The predicted molar refractivity (Wildman–Crippen MR) is 83.0 cm³/mol. The Morgan fingerprint density at radius 1 is 1.25 bits per heavy atom. The molecule has 0 spiro atoms. The van der Waals surface area contributed by atoms with Crippen molar-refractivity contribution in [2.24, 2.45) is 5.73 Å². The molecule has 1 atom stereocenters. The van der Waals surface area contributed by atoms with E-state index in [1.54, 1.807) is 18.2 Å². The van der Waals surface area contributed by atoms with Crippen LogP contribution in [-0.2, 0) is 10.0 Å². The molecular formula is C15H26N2O2S. The van der Waals surface area contributed by atoms with E-state index in [1.807, 2.05) is 19.9 Å². The van der Waals surface area contributed by atoms with E-state index in [4.69, 9.17) is 5.73 Å². The molecule has 0 heterocycles. The van der Waals surface area contributed by atoms with Gasteiger partial charge in [0.05, 0.1) is 4.90 Å². The largest absolute Gasteiger partial charge is 0.324 e. The van der Waals surface area contributed by atoms with Crippen molar-refractivity contribution in [2.45, 2.75) is 51.0 Å². The van der Waals surface area contributed by atoms with E-state index in [0.29, 0.717) is 18.0 Å². The highest BCUT2D eigenvalue weighted by molar-refractivity contribution is 7.89. The van der Waals surface area contributed by atoms with Crippen molar-refractivity contribution >= 4 is 10.0 Å². The first-order chi connectivity index (χ1) is 9.47. The van der Waals surface area contributed by atoms with Crippen LogP contribution in [0.2, 0.25) is 0 Å². The van der Waals surface area contributed by atoms with Crippen LogP contribution in [0.1, 0.15) is 51.6 Å². The highest BCUT2D eigenvalue weighted by atomic mass is 32.2. The highest BCUT2D eigenvalue weighted by Gasteiger charge is 2.23. The van der Waals surface area contributed by atoms with Crippen LogP contribution in [0.4, 0.5) is 0 Å². The Hall–Kier alpha value is -0.910. The molecule has 4 nitrogen and oxygen atoms in total. The summed E-state index contributed by atoms with van der Waals surface area (Å²) >= 11 is 0. The lowest BCUT2D eigenvalue weighted by molar-refractivity contribution is 0.419. The number of nitrogens with two attached hydrogens (primary N) is 1. The number of benzene rings is 1. The second-order valence-electron chi connectivity index (χ2n) is 4.94. The van der Waals surface area contributed by atoms with E-state index in [-0.39, 0.29) is 6.04 Å². The van der Waals surface area contributed by atoms with Crippen LogP contribution in [0, 0.1) is 0 Å². The Kier molecular flexibility index (Phi) is 6.65. The molecule has 0 saturated heterocycles. The van der Waals surface area contributed by atoms with Crippen molar-refractivity contribution in [3.05, 3.63) is 29.8 Å². The third-order valence-corrected chi connectivity index (χ3v) is 5.45. The Morgan fingerprint density at radius 3 is 2.50 bits per heavy atom. The molecule has 0 aliphatic carbocycles. The molecule has 1 unspecified atom stereocenters. The van der Waals surface area contributed by atoms with E-state index < -0.39 is 10.0 Å². The molecule has 0 amide bonds. The molecule has 1 aromatic carbocycles. The van der Waals surface area contributed by atoms with Gasteiger partial charge in [-0.1, -0.05) is 39.3 Å². The van der Waals surface area contributed by atoms with Crippen molar-refractivity contribution in [1.82, 2.24) is 4.31 Å². The Balaban J connectivity index is 3.07. The maximum atomic E-state index is 12.6. The summed E-state index contributed by atoms with van der Waals surface area (Å²) in [7, 11) is -3.41. The molecule has 0 fully saturated rings. The van der Waals surface area contributed by atoms with Gasteiger partial charge in [-0.15, -0.1) is 0 Å². The first-order valence-corrected chi connectivity index (χ1v) is 8.77. The van der Waals surface area contributed by atoms with Gasteiger partial charge in [-0.2, -0.15) is 4.31 Å².